The minimum absolute atomic E-state index is 0.0382. The number of carbonyl (C=O) groups is 4. The fraction of sp³-hybridized carbons (Fsp3) is 0.459. The second kappa shape index (κ2) is 17.3. The van der Waals surface area contributed by atoms with Gasteiger partial charge in [-0.2, -0.15) is 0 Å². The van der Waals surface area contributed by atoms with E-state index in [9.17, 15) is 19.2 Å². The van der Waals surface area contributed by atoms with Crippen LogP contribution in [0.5, 0.6) is 0 Å². The van der Waals surface area contributed by atoms with Crippen LogP contribution in [-0.4, -0.2) is 53.0 Å². The van der Waals surface area contributed by atoms with Crippen molar-refractivity contribution in [2.45, 2.75) is 104 Å². The molecule has 3 aromatic carbocycles. The van der Waals surface area contributed by atoms with E-state index in [1.807, 2.05) is 43.3 Å². The Morgan fingerprint density at radius 3 is 2.15 bits per heavy atom. The van der Waals surface area contributed by atoms with Gasteiger partial charge in [-0.05, 0) is 80.3 Å². The number of fused-ring (bicyclic) bond motifs is 1. The number of nitrogens with one attached hydrogen (secondary N) is 1. The molecule has 9 heteroatoms. The summed E-state index contributed by atoms with van der Waals surface area (Å²) < 4.78 is 10.9. The third kappa shape index (κ3) is 11.8. The zero-order valence-electron chi connectivity index (χ0n) is 27.8. The standard InChI is InChI=1S/C37H49N3O6/c1-6-20-40(31(24-33(38)41)23-28-17-19-29-21-26(7-2)16-18-30(29)22-28)35(43)32(39-36(44)46-37(3,4)5)14-11-15-34(42)45-25-27-12-9-8-10-13-27/h8-10,12-13,16-19,21-22,31-32H,6-7,11,14-15,20,23-25H2,1-5H3,(H2,38,41)(H,39,44)/t31-,32-/m0/s1. The summed E-state index contributed by atoms with van der Waals surface area (Å²) in [7, 11) is 0. The molecule has 0 fully saturated rings. The molecule has 0 aliphatic rings. The summed E-state index contributed by atoms with van der Waals surface area (Å²) in [6.07, 6.45) is 1.75. The van der Waals surface area contributed by atoms with Gasteiger partial charge in [0.2, 0.25) is 11.8 Å². The van der Waals surface area contributed by atoms with Crippen molar-refractivity contribution in [3.05, 3.63) is 83.4 Å². The van der Waals surface area contributed by atoms with Gasteiger partial charge in [0.05, 0.1) is 0 Å². The molecule has 0 aromatic heterocycles. The van der Waals surface area contributed by atoms with Gasteiger partial charge in [0.25, 0.3) is 0 Å². The topological polar surface area (TPSA) is 128 Å². The average Bonchev–Trinajstić information content (AvgIpc) is 3.00. The number of alkyl carbamates (subject to hydrolysis) is 1. The predicted octanol–water partition coefficient (Wildman–Crippen LogP) is 6.23. The molecule has 3 amide bonds. The minimum atomic E-state index is -0.984. The Hall–Kier alpha value is -4.40. The minimum Gasteiger partial charge on any atom is -0.461 e. The lowest BCUT2D eigenvalue weighted by Crippen LogP contribution is -2.54. The van der Waals surface area contributed by atoms with Crippen molar-refractivity contribution in [1.82, 2.24) is 10.2 Å². The van der Waals surface area contributed by atoms with Gasteiger partial charge >= 0.3 is 12.1 Å². The highest BCUT2D eigenvalue weighted by Crippen LogP contribution is 2.22. The highest BCUT2D eigenvalue weighted by atomic mass is 16.6. The van der Waals surface area contributed by atoms with Crippen molar-refractivity contribution in [3.63, 3.8) is 0 Å². The Bertz CT molecular complexity index is 1470. The quantitative estimate of drug-likeness (QED) is 0.180. The molecule has 3 rings (SSSR count). The van der Waals surface area contributed by atoms with E-state index in [4.69, 9.17) is 15.2 Å². The maximum absolute atomic E-state index is 14.2. The summed E-state index contributed by atoms with van der Waals surface area (Å²) in [6.45, 7) is 9.80. The number of ether oxygens (including phenoxy) is 2. The number of rotatable bonds is 16. The zero-order chi connectivity index (χ0) is 33.7. The number of hydrogen-bond donors (Lipinski definition) is 2. The number of esters is 1. The number of primary amides is 1. The largest absolute Gasteiger partial charge is 0.461 e. The molecule has 0 unspecified atom stereocenters. The van der Waals surface area contributed by atoms with Crippen LogP contribution in [0.4, 0.5) is 4.79 Å². The van der Waals surface area contributed by atoms with Crippen LogP contribution in [0.25, 0.3) is 10.8 Å². The fourth-order valence-electron chi connectivity index (χ4n) is 5.37. The number of nitrogens with two attached hydrogens (primary N) is 1. The summed E-state index contributed by atoms with van der Waals surface area (Å²) in [6, 6.07) is 20.4. The predicted molar refractivity (Wildman–Crippen MR) is 180 cm³/mol. The lowest BCUT2D eigenvalue weighted by atomic mass is 9.96. The van der Waals surface area contributed by atoms with Crippen LogP contribution in [0, 0.1) is 0 Å². The third-order valence-electron chi connectivity index (χ3n) is 7.58. The van der Waals surface area contributed by atoms with Crippen molar-refractivity contribution >= 4 is 34.6 Å². The SMILES string of the molecule is CCCN(C(=O)[C@H](CCCC(=O)OCc1ccccc1)NC(=O)OC(C)(C)C)[C@H](CC(N)=O)Cc1ccc2cc(CC)ccc2c1. The molecule has 0 saturated carbocycles. The Morgan fingerprint density at radius 1 is 0.891 bits per heavy atom. The summed E-state index contributed by atoms with van der Waals surface area (Å²) in [5, 5.41) is 4.93. The van der Waals surface area contributed by atoms with E-state index >= 15 is 0 Å². The van der Waals surface area contributed by atoms with Crippen molar-refractivity contribution in [3.8, 4) is 0 Å². The van der Waals surface area contributed by atoms with Gasteiger partial charge in [-0.3, -0.25) is 14.4 Å². The molecule has 0 radical (unpaired) electrons. The van der Waals surface area contributed by atoms with Crippen molar-refractivity contribution < 1.29 is 28.7 Å². The molecule has 2 atom stereocenters. The highest BCUT2D eigenvalue weighted by molar-refractivity contribution is 5.87. The van der Waals surface area contributed by atoms with Gasteiger partial charge in [-0.15, -0.1) is 0 Å². The summed E-state index contributed by atoms with van der Waals surface area (Å²) in [5.41, 5.74) is 8.02. The monoisotopic (exact) mass is 631 g/mol. The summed E-state index contributed by atoms with van der Waals surface area (Å²) in [4.78, 5) is 53.5. The van der Waals surface area contributed by atoms with Crippen LogP contribution in [0.1, 0.15) is 83.4 Å². The molecule has 0 aliphatic heterocycles. The van der Waals surface area contributed by atoms with Gasteiger partial charge in [-0.1, -0.05) is 80.6 Å². The Morgan fingerprint density at radius 2 is 1.54 bits per heavy atom. The van der Waals surface area contributed by atoms with E-state index in [0.29, 0.717) is 25.8 Å². The molecule has 0 bridgehead atoms. The Labute approximate surface area is 272 Å². The first-order valence-corrected chi connectivity index (χ1v) is 16.2. The first-order chi connectivity index (χ1) is 21.9. The van der Waals surface area contributed by atoms with Crippen molar-refractivity contribution in [2.75, 3.05) is 6.54 Å². The molecule has 0 spiro atoms. The van der Waals surface area contributed by atoms with E-state index in [1.54, 1.807) is 25.7 Å². The van der Waals surface area contributed by atoms with E-state index in [0.717, 1.165) is 28.3 Å². The van der Waals surface area contributed by atoms with E-state index in [-0.39, 0.29) is 31.8 Å². The molecule has 248 valence electrons. The van der Waals surface area contributed by atoms with Gasteiger partial charge in [0, 0.05) is 25.4 Å². The lowest BCUT2D eigenvalue weighted by molar-refractivity contribution is -0.145. The van der Waals surface area contributed by atoms with Crippen molar-refractivity contribution in [1.29, 1.82) is 0 Å². The number of nitrogens with zero attached hydrogens (tertiary/aromatic N) is 1. The number of amides is 3. The lowest BCUT2D eigenvalue weighted by Gasteiger charge is -2.34. The van der Waals surface area contributed by atoms with Gasteiger partial charge in [0.15, 0.2) is 0 Å². The number of benzene rings is 3. The molecule has 0 heterocycles. The Balaban J connectivity index is 1.80. The summed E-state index contributed by atoms with van der Waals surface area (Å²) in [5.74, 6) is -1.28. The Kier molecular flexibility index (Phi) is 13.6. The summed E-state index contributed by atoms with van der Waals surface area (Å²) >= 11 is 0. The number of carbonyl (C=O) groups excluding carboxylic acids is 4. The van der Waals surface area contributed by atoms with Gasteiger partial charge in [0.1, 0.15) is 18.2 Å². The molecular formula is C37H49N3O6. The first-order valence-electron chi connectivity index (χ1n) is 16.2. The molecule has 9 nitrogen and oxygen atoms in total. The molecular weight excluding hydrogens is 582 g/mol. The smallest absolute Gasteiger partial charge is 0.408 e. The highest BCUT2D eigenvalue weighted by Gasteiger charge is 2.32. The van der Waals surface area contributed by atoms with Crippen LogP contribution in [0.3, 0.4) is 0 Å². The van der Waals surface area contributed by atoms with E-state index in [1.165, 1.54) is 5.56 Å². The zero-order valence-corrected chi connectivity index (χ0v) is 27.8. The van der Waals surface area contributed by atoms with Crippen LogP contribution in [0.15, 0.2) is 66.7 Å². The molecule has 46 heavy (non-hydrogen) atoms. The van der Waals surface area contributed by atoms with Crippen LogP contribution in [0.2, 0.25) is 0 Å². The number of hydrogen-bond acceptors (Lipinski definition) is 6. The fourth-order valence-corrected chi connectivity index (χ4v) is 5.37. The number of aryl methyl sites for hydroxylation is 1. The average molecular weight is 632 g/mol. The molecule has 3 N–H and O–H groups in total. The van der Waals surface area contributed by atoms with Crippen LogP contribution < -0.4 is 11.1 Å². The second-order valence-electron chi connectivity index (χ2n) is 12.7. The molecule has 3 aromatic rings. The van der Waals surface area contributed by atoms with Crippen molar-refractivity contribution in [2.24, 2.45) is 5.73 Å². The molecule has 0 aliphatic carbocycles. The second-order valence-corrected chi connectivity index (χ2v) is 12.7. The third-order valence-corrected chi connectivity index (χ3v) is 7.58. The van der Waals surface area contributed by atoms with Gasteiger partial charge < -0.3 is 25.4 Å². The maximum Gasteiger partial charge on any atom is 0.408 e. The first kappa shape index (κ1) is 36.1. The van der Waals surface area contributed by atoms with Crippen LogP contribution in [-0.2, 0) is 43.3 Å². The maximum atomic E-state index is 14.2. The van der Waals surface area contributed by atoms with E-state index < -0.39 is 35.7 Å². The van der Waals surface area contributed by atoms with E-state index in [2.05, 4.69) is 42.6 Å². The van der Waals surface area contributed by atoms with Crippen LogP contribution >= 0.6 is 0 Å². The van der Waals surface area contributed by atoms with Gasteiger partial charge in [-0.25, -0.2) is 4.79 Å². The molecule has 0 saturated heterocycles. The normalized spacial score (nSPS) is 12.6.